The zero-order valence-corrected chi connectivity index (χ0v) is 8.62. The van der Waals surface area contributed by atoms with Crippen molar-refractivity contribution in [3.8, 4) is 0 Å². The van der Waals surface area contributed by atoms with E-state index in [1.54, 1.807) is 0 Å². The molecule has 0 aromatic rings. The topological polar surface area (TPSA) is 21.3 Å². The highest BCUT2D eigenvalue weighted by Gasteiger charge is 2.36. The summed E-state index contributed by atoms with van der Waals surface area (Å²) in [6.45, 7) is 5.48. The molecule has 0 aromatic heterocycles. The van der Waals surface area contributed by atoms with Crippen LogP contribution in [0.3, 0.4) is 0 Å². The molecule has 0 saturated carbocycles. The Morgan fingerprint density at radius 2 is 2.33 bits per heavy atom. The van der Waals surface area contributed by atoms with Crippen molar-refractivity contribution in [2.75, 3.05) is 12.4 Å². The minimum atomic E-state index is 0.307. The van der Waals surface area contributed by atoms with E-state index in [9.17, 15) is 0 Å². The van der Waals surface area contributed by atoms with E-state index in [0.29, 0.717) is 17.0 Å². The van der Waals surface area contributed by atoms with Crippen molar-refractivity contribution < 1.29 is 4.74 Å². The summed E-state index contributed by atoms with van der Waals surface area (Å²) in [6.07, 6.45) is 2.95. The first-order valence-electron chi connectivity index (χ1n) is 4.68. The van der Waals surface area contributed by atoms with Crippen LogP contribution in [0.25, 0.3) is 0 Å². The summed E-state index contributed by atoms with van der Waals surface area (Å²) in [5, 5.41) is 4.15. The lowest BCUT2D eigenvalue weighted by Crippen LogP contribution is -2.43. The van der Waals surface area contributed by atoms with Crippen LogP contribution < -0.4 is 5.32 Å². The van der Waals surface area contributed by atoms with Gasteiger partial charge in [-0.15, -0.1) is 11.8 Å². The van der Waals surface area contributed by atoms with E-state index in [0.717, 1.165) is 6.61 Å². The van der Waals surface area contributed by atoms with E-state index < -0.39 is 0 Å². The van der Waals surface area contributed by atoms with Crippen LogP contribution in [0.15, 0.2) is 0 Å². The summed E-state index contributed by atoms with van der Waals surface area (Å²) in [4.78, 5) is 0. The van der Waals surface area contributed by atoms with Gasteiger partial charge in [0.15, 0.2) is 0 Å². The van der Waals surface area contributed by atoms with E-state index in [-0.39, 0.29) is 0 Å². The van der Waals surface area contributed by atoms with Gasteiger partial charge in [-0.25, -0.2) is 0 Å². The van der Waals surface area contributed by atoms with Gasteiger partial charge in [-0.1, -0.05) is 0 Å². The van der Waals surface area contributed by atoms with Crippen molar-refractivity contribution in [1.29, 1.82) is 0 Å². The minimum Gasteiger partial charge on any atom is -0.376 e. The first kappa shape index (κ1) is 8.85. The van der Waals surface area contributed by atoms with Crippen molar-refractivity contribution in [2.45, 2.75) is 43.7 Å². The van der Waals surface area contributed by atoms with E-state index in [1.165, 1.54) is 18.6 Å². The highest BCUT2D eigenvalue weighted by Crippen LogP contribution is 2.32. The van der Waals surface area contributed by atoms with Crippen LogP contribution in [0, 0.1) is 0 Å². The van der Waals surface area contributed by atoms with Crippen LogP contribution in [0.5, 0.6) is 0 Å². The average molecular weight is 187 g/mol. The highest BCUT2D eigenvalue weighted by atomic mass is 32.2. The molecule has 2 nitrogen and oxygen atoms in total. The Bertz CT molecular complexity index is 166. The van der Waals surface area contributed by atoms with Crippen LogP contribution in [0.1, 0.15) is 26.7 Å². The Kier molecular flexibility index (Phi) is 2.36. The first-order chi connectivity index (χ1) is 5.67. The first-order valence-corrected chi connectivity index (χ1v) is 5.73. The lowest BCUT2D eigenvalue weighted by atomic mass is 10.1. The lowest BCUT2D eigenvalue weighted by molar-refractivity contribution is 0.0982. The molecule has 2 heterocycles. The molecule has 2 rings (SSSR count). The standard InChI is InChI=1S/C9H17NOS/c1-9(2)6-12-8(10-9)7-4-3-5-11-7/h7-8,10H,3-6H2,1-2H3. The zero-order chi connectivity index (χ0) is 8.60. The van der Waals surface area contributed by atoms with Gasteiger partial charge in [-0.2, -0.15) is 0 Å². The van der Waals surface area contributed by atoms with Gasteiger partial charge in [0.25, 0.3) is 0 Å². The number of thioether (sulfide) groups is 1. The van der Waals surface area contributed by atoms with Crippen LogP contribution in [-0.2, 0) is 4.74 Å². The fourth-order valence-electron chi connectivity index (χ4n) is 1.81. The lowest BCUT2D eigenvalue weighted by Gasteiger charge is -2.22. The monoisotopic (exact) mass is 187 g/mol. The highest BCUT2D eigenvalue weighted by molar-refractivity contribution is 8.00. The Labute approximate surface area is 78.4 Å². The Morgan fingerprint density at radius 1 is 1.50 bits per heavy atom. The molecule has 12 heavy (non-hydrogen) atoms. The van der Waals surface area contributed by atoms with Gasteiger partial charge in [0.05, 0.1) is 11.5 Å². The number of ether oxygens (including phenoxy) is 1. The maximum atomic E-state index is 5.65. The van der Waals surface area contributed by atoms with Gasteiger partial charge in [0, 0.05) is 17.9 Å². The molecule has 2 fully saturated rings. The molecule has 2 atom stereocenters. The molecule has 0 radical (unpaired) electrons. The van der Waals surface area contributed by atoms with Gasteiger partial charge in [-0.3, -0.25) is 5.32 Å². The molecule has 2 saturated heterocycles. The van der Waals surface area contributed by atoms with Gasteiger partial charge in [0.2, 0.25) is 0 Å². The molecule has 0 spiro atoms. The number of hydrogen-bond acceptors (Lipinski definition) is 3. The predicted octanol–water partition coefficient (Wildman–Crippen LogP) is 1.61. The van der Waals surface area contributed by atoms with Crippen LogP contribution in [0.2, 0.25) is 0 Å². The smallest absolute Gasteiger partial charge is 0.0822 e. The summed E-state index contributed by atoms with van der Waals surface area (Å²) in [6, 6.07) is 0. The van der Waals surface area contributed by atoms with Crippen molar-refractivity contribution in [2.24, 2.45) is 0 Å². The second kappa shape index (κ2) is 3.20. The SMILES string of the molecule is CC1(C)CSC(C2CCCO2)N1. The molecule has 0 amide bonds. The predicted molar refractivity (Wildman–Crippen MR) is 52.4 cm³/mol. The van der Waals surface area contributed by atoms with Crippen molar-refractivity contribution in [3.63, 3.8) is 0 Å². The second-order valence-electron chi connectivity index (χ2n) is 4.31. The van der Waals surface area contributed by atoms with E-state index in [4.69, 9.17) is 4.74 Å². The largest absolute Gasteiger partial charge is 0.376 e. The molecule has 3 heteroatoms. The molecular weight excluding hydrogens is 170 g/mol. The third kappa shape index (κ3) is 1.78. The van der Waals surface area contributed by atoms with Gasteiger partial charge < -0.3 is 4.74 Å². The number of rotatable bonds is 1. The molecular formula is C9H17NOS. The van der Waals surface area contributed by atoms with Crippen molar-refractivity contribution >= 4 is 11.8 Å². The normalized spacial score (nSPS) is 40.5. The third-order valence-electron chi connectivity index (χ3n) is 2.46. The Balaban J connectivity index is 1.90. The Hall–Kier alpha value is 0.270. The quantitative estimate of drug-likeness (QED) is 0.674. The van der Waals surface area contributed by atoms with E-state index >= 15 is 0 Å². The molecule has 2 aliphatic heterocycles. The van der Waals surface area contributed by atoms with Crippen LogP contribution in [-0.4, -0.2) is 29.4 Å². The zero-order valence-electron chi connectivity index (χ0n) is 7.80. The van der Waals surface area contributed by atoms with Gasteiger partial charge >= 0.3 is 0 Å². The number of hydrogen-bond donors (Lipinski definition) is 1. The van der Waals surface area contributed by atoms with Gasteiger partial charge in [-0.05, 0) is 26.7 Å². The van der Waals surface area contributed by atoms with E-state index in [1.807, 2.05) is 11.8 Å². The van der Waals surface area contributed by atoms with Crippen molar-refractivity contribution in [1.82, 2.24) is 5.32 Å². The average Bonchev–Trinajstić information content (AvgIpc) is 2.55. The molecule has 0 bridgehead atoms. The third-order valence-corrected chi connectivity index (χ3v) is 4.13. The fourth-order valence-corrected chi connectivity index (χ4v) is 3.32. The summed E-state index contributed by atoms with van der Waals surface area (Å²) in [5.74, 6) is 1.21. The molecule has 1 N–H and O–H groups in total. The molecule has 2 aliphatic rings. The summed E-state index contributed by atoms with van der Waals surface area (Å²) in [7, 11) is 0. The summed E-state index contributed by atoms with van der Waals surface area (Å²) in [5.41, 5.74) is 0.307. The van der Waals surface area contributed by atoms with Crippen LogP contribution >= 0.6 is 11.8 Å². The van der Waals surface area contributed by atoms with Gasteiger partial charge in [0.1, 0.15) is 0 Å². The maximum Gasteiger partial charge on any atom is 0.0822 e. The minimum absolute atomic E-state index is 0.307. The fraction of sp³-hybridized carbons (Fsp3) is 1.00. The van der Waals surface area contributed by atoms with Crippen molar-refractivity contribution in [3.05, 3.63) is 0 Å². The van der Waals surface area contributed by atoms with Crippen LogP contribution in [0.4, 0.5) is 0 Å². The molecule has 0 aliphatic carbocycles. The molecule has 70 valence electrons. The Morgan fingerprint density at radius 3 is 2.83 bits per heavy atom. The molecule has 2 unspecified atom stereocenters. The number of nitrogens with one attached hydrogen (secondary N) is 1. The maximum absolute atomic E-state index is 5.65. The van der Waals surface area contributed by atoms with E-state index in [2.05, 4.69) is 19.2 Å². The summed E-state index contributed by atoms with van der Waals surface area (Å²) < 4.78 is 5.65. The summed E-state index contributed by atoms with van der Waals surface area (Å²) >= 11 is 2.01. The second-order valence-corrected chi connectivity index (χ2v) is 5.44. The molecule has 0 aromatic carbocycles.